The smallest absolute Gasteiger partial charge is 0.249 e. The van der Waals surface area contributed by atoms with Gasteiger partial charge in [0.05, 0.1) is 16.1 Å². The van der Waals surface area contributed by atoms with Crippen LogP contribution in [0.5, 0.6) is 0 Å². The Morgan fingerprint density at radius 1 is 1.06 bits per heavy atom. The van der Waals surface area contributed by atoms with E-state index < -0.39 is 10.0 Å². The summed E-state index contributed by atoms with van der Waals surface area (Å²) >= 11 is 0. The van der Waals surface area contributed by atoms with Crippen LogP contribution in [0.1, 0.15) is 57.7 Å². The summed E-state index contributed by atoms with van der Waals surface area (Å²) in [5, 5.41) is 7.31. The van der Waals surface area contributed by atoms with Crippen molar-refractivity contribution in [1.82, 2.24) is 14.1 Å². The van der Waals surface area contributed by atoms with Crippen molar-refractivity contribution in [3.8, 4) is 0 Å². The molecule has 1 amide bonds. The lowest BCUT2D eigenvalue weighted by atomic mass is 10.1. The number of hydrogen-bond donors (Lipinski definition) is 1. The van der Waals surface area contributed by atoms with Gasteiger partial charge < -0.3 is 5.32 Å². The molecule has 0 unspecified atom stereocenters. The Kier molecular flexibility index (Phi) is 7.01. The lowest BCUT2D eigenvalue weighted by Gasteiger charge is -2.22. The van der Waals surface area contributed by atoms with E-state index >= 15 is 0 Å². The molecule has 0 saturated carbocycles. The summed E-state index contributed by atoms with van der Waals surface area (Å²) in [6.45, 7) is 9.10. The van der Waals surface area contributed by atoms with E-state index in [0.29, 0.717) is 23.8 Å². The van der Waals surface area contributed by atoms with E-state index in [-0.39, 0.29) is 11.4 Å². The van der Waals surface area contributed by atoms with E-state index in [0.717, 1.165) is 36.9 Å². The van der Waals surface area contributed by atoms with Crippen molar-refractivity contribution in [2.45, 2.75) is 63.8 Å². The number of benzene rings is 1. The van der Waals surface area contributed by atoms with Crippen molar-refractivity contribution in [2.75, 3.05) is 18.4 Å². The quantitative estimate of drug-likeness (QED) is 0.702. The highest BCUT2D eigenvalue weighted by Crippen LogP contribution is 2.22. The second-order valence-corrected chi connectivity index (χ2v) is 10.9. The molecule has 3 rings (SSSR count). The first-order chi connectivity index (χ1) is 14.6. The zero-order chi connectivity index (χ0) is 22.6. The highest BCUT2D eigenvalue weighted by atomic mass is 32.2. The van der Waals surface area contributed by atoms with Gasteiger partial charge in [-0.05, 0) is 64.3 Å². The van der Waals surface area contributed by atoms with Crippen LogP contribution in [-0.4, -0.2) is 41.5 Å². The van der Waals surface area contributed by atoms with E-state index in [1.165, 1.54) is 6.08 Å². The summed E-state index contributed by atoms with van der Waals surface area (Å²) in [6.07, 6.45) is 7.07. The van der Waals surface area contributed by atoms with Crippen LogP contribution >= 0.6 is 0 Å². The Bertz CT molecular complexity index is 1040. The minimum atomic E-state index is -3.47. The fourth-order valence-corrected chi connectivity index (χ4v) is 5.14. The Morgan fingerprint density at radius 2 is 1.68 bits per heavy atom. The van der Waals surface area contributed by atoms with E-state index in [1.807, 2.05) is 33.8 Å². The number of nitrogens with zero attached hydrogens (tertiary/aromatic N) is 3. The predicted octanol–water partition coefficient (Wildman–Crippen LogP) is 4.16. The standard InChI is InChI=1S/C23H32N4O3S/c1-18-17-21(27(25-18)23(2,3)4)24-22(28)14-11-19-9-12-20(13-10-19)31(29,30)26-15-7-5-6-8-16-26/h9-14,17H,5-8,15-16H2,1-4H3,(H,24,28)/b14-11+. The van der Waals surface area contributed by atoms with Crippen LogP contribution < -0.4 is 5.32 Å². The van der Waals surface area contributed by atoms with Gasteiger partial charge in [-0.15, -0.1) is 0 Å². The molecule has 8 heteroatoms. The Hall–Kier alpha value is -2.45. The van der Waals surface area contributed by atoms with Crippen molar-refractivity contribution >= 4 is 27.8 Å². The van der Waals surface area contributed by atoms with Gasteiger partial charge in [-0.1, -0.05) is 25.0 Å². The second kappa shape index (κ2) is 9.36. The molecule has 31 heavy (non-hydrogen) atoms. The maximum atomic E-state index is 12.9. The summed E-state index contributed by atoms with van der Waals surface area (Å²) in [5.74, 6) is 0.366. The summed E-state index contributed by atoms with van der Waals surface area (Å²) in [6, 6.07) is 8.49. The largest absolute Gasteiger partial charge is 0.307 e. The average molecular weight is 445 g/mol. The summed E-state index contributed by atoms with van der Waals surface area (Å²) in [4.78, 5) is 12.7. The molecule has 7 nitrogen and oxygen atoms in total. The van der Waals surface area contributed by atoms with Crippen LogP contribution in [0.3, 0.4) is 0 Å². The Morgan fingerprint density at radius 3 is 2.26 bits per heavy atom. The Labute approximate surface area is 185 Å². The number of nitrogens with one attached hydrogen (secondary N) is 1. The maximum absolute atomic E-state index is 12.9. The lowest BCUT2D eigenvalue weighted by molar-refractivity contribution is -0.111. The number of hydrogen-bond acceptors (Lipinski definition) is 4. The molecule has 168 valence electrons. The van der Waals surface area contributed by atoms with Crippen molar-refractivity contribution < 1.29 is 13.2 Å². The van der Waals surface area contributed by atoms with Crippen molar-refractivity contribution in [3.63, 3.8) is 0 Å². The highest BCUT2D eigenvalue weighted by molar-refractivity contribution is 7.89. The molecule has 1 aliphatic heterocycles. The van der Waals surface area contributed by atoms with Crippen LogP contribution in [0.15, 0.2) is 41.3 Å². The van der Waals surface area contributed by atoms with Crippen LogP contribution in [0.4, 0.5) is 5.82 Å². The van der Waals surface area contributed by atoms with Gasteiger partial charge in [0.2, 0.25) is 15.9 Å². The third-order valence-electron chi connectivity index (χ3n) is 5.23. The zero-order valence-corrected chi connectivity index (χ0v) is 19.6. The number of carbonyl (C=O) groups is 1. The summed E-state index contributed by atoms with van der Waals surface area (Å²) < 4.78 is 29.1. The number of anilines is 1. The minimum Gasteiger partial charge on any atom is -0.307 e. The third-order valence-corrected chi connectivity index (χ3v) is 7.14. The van der Waals surface area contributed by atoms with Gasteiger partial charge in [-0.2, -0.15) is 9.40 Å². The van der Waals surface area contributed by atoms with Crippen LogP contribution in [-0.2, 0) is 20.4 Å². The molecule has 0 radical (unpaired) electrons. The second-order valence-electron chi connectivity index (χ2n) is 8.96. The molecule has 2 heterocycles. The molecule has 0 aliphatic carbocycles. The SMILES string of the molecule is Cc1cc(NC(=O)/C=C/c2ccc(S(=O)(=O)N3CCCCCC3)cc2)n(C(C)(C)C)n1. The first-order valence-electron chi connectivity index (χ1n) is 10.7. The first-order valence-corrected chi connectivity index (χ1v) is 12.2. The molecule has 1 aromatic carbocycles. The number of carbonyl (C=O) groups excluding carboxylic acids is 1. The van der Waals surface area contributed by atoms with Gasteiger partial charge >= 0.3 is 0 Å². The summed E-state index contributed by atoms with van der Waals surface area (Å²) in [5.41, 5.74) is 1.33. The molecule has 1 saturated heterocycles. The van der Waals surface area contributed by atoms with E-state index in [1.54, 1.807) is 39.3 Å². The van der Waals surface area contributed by atoms with Gasteiger partial charge in [0.15, 0.2) is 0 Å². The number of aryl methyl sites for hydroxylation is 1. The number of sulfonamides is 1. The summed E-state index contributed by atoms with van der Waals surface area (Å²) in [7, 11) is -3.47. The van der Waals surface area contributed by atoms with Gasteiger partial charge in [-0.3, -0.25) is 4.79 Å². The fourth-order valence-electron chi connectivity index (χ4n) is 3.62. The molecule has 2 aromatic rings. The van der Waals surface area contributed by atoms with Crippen LogP contribution in [0.25, 0.3) is 6.08 Å². The van der Waals surface area contributed by atoms with Gasteiger partial charge in [0.1, 0.15) is 5.82 Å². The van der Waals surface area contributed by atoms with E-state index in [9.17, 15) is 13.2 Å². The van der Waals surface area contributed by atoms with Crippen LogP contribution in [0, 0.1) is 6.92 Å². The molecule has 1 fully saturated rings. The van der Waals surface area contributed by atoms with Crippen molar-refractivity contribution in [2.24, 2.45) is 0 Å². The average Bonchev–Trinajstić information content (AvgIpc) is 2.91. The normalized spacial score (nSPS) is 16.4. The number of aromatic nitrogens is 2. The Balaban J connectivity index is 1.68. The molecular formula is C23H32N4O3S. The van der Waals surface area contributed by atoms with Gasteiger partial charge in [0.25, 0.3) is 0 Å². The van der Waals surface area contributed by atoms with Gasteiger partial charge in [-0.25, -0.2) is 13.1 Å². The molecule has 0 spiro atoms. The predicted molar refractivity (Wildman–Crippen MR) is 123 cm³/mol. The van der Waals surface area contributed by atoms with Crippen LogP contribution in [0.2, 0.25) is 0 Å². The number of rotatable bonds is 5. The molecule has 1 aromatic heterocycles. The first kappa shape index (κ1) is 23.2. The number of amides is 1. The topological polar surface area (TPSA) is 84.3 Å². The molecule has 1 N–H and O–H groups in total. The minimum absolute atomic E-state index is 0.255. The van der Waals surface area contributed by atoms with Crippen molar-refractivity contribution in [3.05, 3.63) is 47.7 Å². The third kappa shape index (κ3) is 5.83. The molecule has 0 bridgehead atoms. The fraction of sp³-hybridized carbons (Fsp3) is 0.478. The highest BCUT2D eigenvalue weighted by Gasteiger charge is 2.25. The van der Waals surface area contributed by atoms with E-state index in [2.05, 4.69) is 10.4 Å². The van der Waals surface area contributed by atoms with Gasteiger partial charge in [0, 0.05) is 25.2 Å². The van der Waals surface area contributed by atoms with Crippen molar-refractivity contribution in [1.29, 1.82) is 0 Å². The molecular weight excluding hydrogens is 412 g/mol. The lowest BCUT2D eigenvalue weighted by Crippen LogP contribution is -2.31. The van der Waals surface area contributed by atoms with E-state index in [4.69, 9.17) is 0 Å². The molecule has 1 aliphatic rings. The molecule has 0 atom stereocenters. The zero-order valence-electron chi connectivity index (χ0n) is 18.8. The monoisotopic (exact) mass is 444 g/mol. The maximum Gasteiger partial charge on any atom is 0.249 e.